The van der Waals surface area contributed by atoms with Gasteiger partial charge >= 0.3 is 0 Å². The number of tetrazole rings is 1. The number of nitro benzene ring substituents is 2. The van der Waals surface area contributed by atoms with Crippen molar-refractivity contribution in [2.24, 2.45) is 0 Å². The lowest BCUT2D eigenvalue weighted by Gasteiger charge is -2.05. The number of nitro groups is 2. The highest BCUT2D eigenvalue weighted by Gasteiger charge is 2.22. The molecule has 0 bridgehead atoms. The molecule has 13 nitrogen and oxygen atoms in total. The molecule has 0 fully saturated rings. The Morgan fingerprint density at radius 3 is 2.60 bits per heavy atom. The van der Waals surface area contributed by atoms with Gasteiger partial charge in [-0.15, -0.1) is 5.10 Å². The standard InChI is InChI=1S/C10H11N7O6S2/c1-25(22,23)11-4-5-15-10(12-13-14-15)24-9-3-2-7(16(18)19)6-8(9)17(20)21/h2-3,6,11H,4-5H2,1H3. The summed E-state index contributed by atoms with van der Waals surface area (Å²) in [6.07, 6.45) is 1.00. The van der Waals surface area contributed by atoms with E-state index in [0.29, 0.717) is 0 Å². The van der Waals surface area contributed by atoms with Crippen molar-refractivity contribution in [1.82, 2.24) is 24.9 Å². The van der Waals surface area contributed by atoms with Gasteiger partial charge in [0, 0.05) is 12.6 Å². The minimum Gasteiger partial charge on any atom is -0.258 e. The normalized spacial score (nSPS) is 11.4. The molecule has 0 amide bonds. The molecule has 1 heterocycles. The first-order valence-electron chi connectivity index (χ1n) is 6.49. The van der Waals surface area contributed by atoms with Gasteiger partial charge in [-0.2, -0.15) is 0 Å². The summed E-state index contributed by atoms with van der Waals surface area (Å²) in [5, 5.41) is 32.9. The molecule has 0 radical (unpaired) electrons. The Balaban J connectivity index is 2.22. The number of nitrogens with one attached hydrogen (secondary N) is 1. The van der Waals surface area contributed by atoms with Crippen LogP contribution in [0.5, 0.6) is 0 Å². The number of rotatable bonds is 8. The van der Waals surface area contributed by atoms with Crippen molar-refractivity contribution >= 4 is 33.2 Å². The molecule has 0 saturated carbocycles. The Hall–Kier alpha value is -2.65. The fourth-order valence-electron chi connectivity index (χ4n) is 1.69. The van der Waals surface area contributed by atoms with Crippen LogP contribution >= 0.6 is 11.8 Å². The number of hydrogen-bond donors (Lipinski definition) is 1. The van der Waals surface area contributed by atoms with Gasteiger partial charge in [0.1, 0.15) is 0 Å². The molecule has 1 aromatic heterocycles. The third-order valence-corrected chi connectivity index (χ3v) is 4.51. The second-order valence-corrected chi connectivity index (χ2v) is 7.46. The van der Waals surface area contributed by atoms with E-state index in [1.807, 2.05) is 0 Å². The van der Waals surface area contributed by atoms with Crippen LogP contribution in [0.1, 0.15) is 0 Å². The van der Waals surface area contributed by atoms with Gasteiger partial charge in [-0.05, 0) is 28.3 Å². The first kappa shape index (κ1) is 18.7. The highest BCUT2D eigenvalue weighted by Crippen LogP contribution is 2.35. The minimum absolute atomic E-state index is 0.0276. The lowest BCUT2D eigenvalue weighted by Crippen LogP contribution is -2.26. The van der Waals surface area contributed by atoms with Gasteiger partial charge in [-0.1, -0.05) is 0 Å². The molecule has 2 rings (SSSR count). The molecule has 134 valence electrons. The van der Waals surface area contributed by atoms with Crippen molar-refractivity contribution in [3.8, 4) is 0 Å². The van der Waals surface area contributed by atoms with E-state index in [-0.39, 0.29) is 23.1 Å². The average Bonchev–Trinajstić information content (AvgIpc) is 2.93. The SMILES string of the molecule is CS(=O)(=O)NCCn1nnnc1Sc1ccc([N+](=O)[O-])cc1[N+](=O)[O-]. The zero-order valence-electron chi connectivity index (χ0n) is 12.6. The number of benzene rings is 1. The fourth-order valence-corrected chi connectivity index (χ4v) is 3.04. The predicted octanol–water partition coefficient (Wildman–Crippen LogP) is 0.190. The highest BCUT2D eigenvalue weighted by atomic mass is 32.2. The van der Waals surface area contributed by atoms with E-state index in [1.165, 1.54) is 10.7 Å². The van der Waals surface area contributed by atoms with E-state index >= 15 is 0 Å². The third kappa shape index (κ3) is 5.16. The van der Waals surface area contributed by atoms with Crippen molar-refractivity contribution in [1.29, 1.82) is 0 Å². The monoisotopic (exact) mass is 389 g/mol. The van der Waals surface area contributed by atoms with Crippen LogP contribution in [0, 0.1) is 20.2 Å². The first-order valence-corrected chi connectivity index (χ1v) is 9.19. The molecule has 25 heavy (non-hydrogen) atoms. The Morgan fingerprint density at radius 1 is 1.28 bits per heavy atom. The van der Waals surface area contributed by atoms with Crippen molar-refractivity contribution in [3.05, 3.63) is 38.4 Å². The number of sulfonamides is 1. The summed E-state index contributed by atoms with van der Waals surface area (Å²) in [4.78, 5) is 20.5. The van der Waals surface area contributed by atoms with E-state index in [0.717, 1.165) is 30.2 Å². The van der Waals surface area contributed by atoms with E-state index in [1.54, 1.807) is 0 Å². The molecule has 1 aromatic carbocycles. The molecule has 0 saturated heterocycles. The van der Waals surface area contributed by atoms with Crippen LogP contribution in [-0.4, -0.2) is 51.3 Å². The fraction of sp³-hybridized carbons (Fsp3) is 0.300. The Bertz CT molecular complexity index is 912. The van der Waals surface area contributed by atoms with Gasteiger partial charge < -0.3 is 0 Å². The lowest BCUT2D eigenvalue weighted by molar-refractivity contribution is -0.396. The first-order chi connectivity index (χ1) is 11.7. The molecule has 2 aromatic rings. The summed E-state index contributed by atoms with van der Waals surface area (Å²) in [5.74, 6) is 0. The quantitative estimate of drug-likeness (QED) is 0.484. The summed E-state index contributed by atoms with van der Waals surface area (Å²) < 4.78 is 25.6. The molecule has 0 aliphatic rings. The largest absolute Gasteiger partial charge is 0.290 e. The van der Waals surface area contributed by atoms with Crippen LogP contribution in [-0.2, 0) is 16.6 Å². The van der Waals surface area contributed by atoms with E-state index in [2.05, 4.69) is 20.2 Å². The summed E-state index contributed by atoms with van der Waals surface area (Å²) in [7, 11) is -3.37. The Labute approximate surface area is 144 Å². The van der Waals surface area contributed by atoms with Crippen LogP contribution in [0.3, 0.4) is 0 Å². The maximum atomic E-state index is 11.1. The van der Waals surface area contributed by atoms with Gasteiger partial charge in [-0.25, -0.2) is 17.8 Å². The van der Waals surface area contributed by atoms with Crippen LogP contribution in [0.2, 0.25) is 0 Å². The smallest absolute Gasteiger partial charge is 0.258 e. The molecule has 1 N–H and O–H groups in total. The summed E-state index contributed by atoms with van der Waals surface area (Å²) in [6, 6.07) is 3.21. The molecule has 15 heteroatoms. The summed E-state index contributed by atoms with van der Waals surface area (Å²) >= 11 is 0.840. The Kier molecular flexibility index (Phi) is 5.60. The van der Waals surface area contributed by atoms with Crippen molar-refractivity contribution in [3.63, 3.8) is 0 Å². The van der Waals surface area contributed by atoms with Crippen LogP contribution < -0.4 is 4.72 Å². The number of aromatic nitrogens is 4. The third-order valence-electron chi connectivity index (χ3n) is 2.74. The van der Waals surface area contributed by atoms with Gasteiger partial charge in [0.25, 0.3) is 11.4 Å². The van der Waals surface area contributed by atoms with E-state index in [9.17, 15) is 28.6 Å². The van der Waals surface area contributed by atoms with Crippen molar-refractivity contribution in [2.75, 3.05) is 12.8 Å². The van der Waals surface area contributed by atoms with E-state index in [4.69, 9.17) is 0 Å². The second kappa shape index (κ2) is 7.49. The lowest BCUT2D eigenvalue weighted by atomic mass is 10.3. The molecule has 0 atom stereocenters. The topological polar surface area (TPSA) is 176 Å². The summed E-state index contributed by atoms with van der Waals surface area (Å²) in [6.45, 7) is 0.128. The Morgan fingerprint density at radius 2 is 2.00 bits per heavy atom. The number of hydrogen-bond acceptors (Lipinski definition) is 10. The zero-order valence-corrected chi connectivity index (χ0v) is 14.2. The minimum atomic E-state index is -3.37. The van der Waals surface area contributed by atoms with Crippen molar-refractivity contribution < 1.29 is 18.3 Å². The predicted molar refractivity (Wildman–Crippen MR) is 84.5 cm³/mol. The number of nitrogens with zero attached hydrogens (tertiary/aromatic N) is 6. The second-order valence-electron chi connectivity index (χ2n) is 4.62. The van der Waals surface area contributed by atoms with Gasteiger partial charge in [0.15, 0.2) is 0 Å². The molecule has 0 spiro atoms. The van der Waals surface area contributed by atoms with Crippen LogP contribution in [0.25, 0.3) is 0 Å². The average molecular weight is 389 g/mol. The van der Waals surface area contributed by atoms with Crippen molar-refractivity contribution in [2.45, 2.75) is 16.6 Å². The van der Waals surface area contributed by atoms with Crippen LogP contribution in [0.15, 0.2) is 28.3 Å². The van der Waals surface area contributed by atoms with Crippen LogP contribution in [0.4, 0.5) is 11.4 Å². The maximum absolute atomic E-state index is 11.1. The molecule has 0 aliphatic carbocycles. The number of non-ortho nitro benzene ring substituents is 1. The maximum Gasteiger partial charge on any atom is 0.290 e. The molecular weight excluding hydrogens is 378 g/mol. The van der Waals surface area contributed by atoms with Gasteiger partial charge in [0.05, 0.1) is 33.6 Å². The molecular formula is C10H11N7O6S2. The van der Waals surface area contributed by atoms with Gasteiger partial charge in [-0.3, -0.25) is 20.2 Å². The molecule has 0 aliphatic heterocycles. The van der Waals surface area contributed by atoms with Gasteiger partial charge in [0.2, 0.25) is 15.2 Å². The molecule has 0 unspecified atom stereocenters. The van der Waals surface area contributed by atoms with E-state index < -0.39 is 31.2 Å². The summed E-state index contributed by atoms with van der Waals surface area (Å²) in [5.41, 5.74) is -0.865. The zero-order chi connectivity index (χ0) is 18.6. The highest BCUT2D eigenvalue weighted by molar-refractivity contribution is 7.99.